The molecule has 2 aromatic carbocycles. The Labute approximate surface area is 155 Å². The van der Waals surface area contributed by atoms with Crippen molar-refractivity contribution in [2.24, 2.45) is 5.16 Å². The molecule has 0 N–H and O–H groups in total. The topological polar surface area (TPSA) is 55.7 Å². The van der Waals surface area contributed by atoms with Crippen molar-refractivity contribution in [3.05, 3.63) is 68.7 Å². The Hall–Kier alpha value is -1.27. The molecule has 2 rings (SSSR count). The maximum Gasteiger partial charge on any atom is 0.160 e. The lowest BCUT2D eigenvalue weighted by atomic mass is 10.1. The van der Waals surface area contributed by atoms with Crippen LogP contribution < -0.4 is 0 Å². The molecule has 0 aromatic heterocycles. The highest BCUT2D eigenvalue weighted by Gasteiger charge is 2.21. The van der Waals surface area contributed by atoms with E-state index >= 15 is 0 Å². The molecule has 0 radical (unpaired) electrons. The van der Waals surface area contributed by atoms with E-state index in [4.69, 9.17) is 39.6 Å². The van der Waals surface area contributed by atoms with Gasteiger partial charge in [-0.15, -0.1) is 0 Å². The molecule has 24 heavy (non-hydrogen) atoms. The van der Waals surface area contributed by atoms with Gasteiger partial charge in [-0.1, -0.05) is 64.2 Å². The molecule has 4 nitrogen and oxygen atoms in total. The highest BCUT2D eigenvalue weighted by molar-refractivity contribution is 7.91. The molecular formula is C16H14Cl3NO3S. The van der Waals surface area contributed by atoms with Crippen molar-refractivity contribution in [3.63, 3.8) is 0 Å². The maximum atomic E-state index is 12.5. The van der Waals surface area contributed by atoms with Gasteiger partial charge in [0, 0.05) is 15.6 Å². The second kappa shape index (κ2) is 8.21. The molecule has 0 unspecified atom stereocenters. The highest BCUT2D eigenvalue weighted by Crippen LogP contribution is 2.24. The quantitative estimate of drug-likeness (QED) is 0.520. The van der Waals surface area contributed by atoms with Crippen LogP contribution in [-0.2, 0) is 20.4 Å². The van der Waals surface area contributed by atoms with Crippen molar-refractivity contribution < 1.29 is 13.3 Å². The number of benzene rings is 2. The van der Waals surface area contributed by atoms with Crippen LogP contribution in [0.1, 0.15) is 11.1 Å². The maximum absolute atomic E-state index is 12.5. The highest BCUT2D eigenvalue weighted by atomic mass is 35.5. The number of nitrogens with zero attached hydrogens (tertiary/aromatic N) is 1. The molecule has 2 aromatic rings. The SMILES string of the molecule is CO/N=C(\CS(=O)(=O)Cc1ccccc1Cl)c1ccc(Cl)cc1Cl. The van der Waals surface area contributed by atoms with Gasteiger partial charge in [0.25, 0.3) is 0 Å². The Morgan fingerprint density at radius 1 is 1.08 bits per heavy atom. The van der Waals surface area contributed by atoms with Gasteiger partial charge >= 0.3 is 0 Å². The first kappa shape index (κ1) is 19.1. The summed E-state index contributed by atoms with van der Waals surface area (Å²) in [6, 6.07) is 11.5. The third-order valence-corrected chi connectivity index (χ3v) is 5.51. The fourth-order valence-electron chi connectivity index (χ4n) is 2.10. The summed E-state index contributed by atoms with van der Waals surface area (Å²) in [6.07, 6.45) is 0. The summed E-state index contributed by atoms with van der Waals surface area (Å²) in [7, 11) is -2.20. The number of hydrogen-bond acceptors (Lipinski definition) is 4. The molecule has 8 heteroatoms. The van der Waals surface area contributed by atoms with Crippen molar-refractivity contribution >= 4 is 50.4 Å². The lowest BCUT2D eigenvalue weighted by Gasteiger charge is -2.10. The molecule has 0 heterocycles. The lowest BCUT2D eigenvalue weighted by molar-refractivity contribution is 0.213. The second-order valence-electron chi connectivity index (χ2n) is 4.97. The standard InChI is InChI=1S/C16H14Cl3NO3S/c1-23-20-16(13-7-6-12(17)8-15(13)19)10-24(21,22)9-11-4-2-3-5-14(11)18/h2-8H,9-10H2,1H3/b20-16+. The zero-order valence-electron chi connectivity index (χ0n) is 12.7. The van der Waals surface area contributed by atoms with Gasteiger partial charge in [0.2, 0.25) is 0 Å². The molecular weight excluding hydrogens is 393 g/mol. The van der Waals surface area contributed by atoms with Gasteiger partial charge in [-0.2, -0.15) is 0 Å². The molecule has 0 aliphatic carbocycles. The molecule has 0 amide bonds. The molecule has 0 saturated carbocycles. The van der Waals surface area contributed by atoms with Crippen LogP contribution in [0, 0.1) is 0 Å². The third-order valence-electron chi connectivity index (χ3n) is 3.13. The van der Waals surface area contributed by atoms with Crippen LogP contribution in [0.2, 0.25) is 15.1 Å². The minimum atomic E-state index is -3.54. The monoisotopic (exact) mass is 405 g/mol. The predicted octanol–water partition coefficient (Wildman–Crippen LogP) is 4.61. The zero-order chi connectivity index (χ0) is 17.7. The average molecular weight is 407 g/mol. The second-order valence-corrected chi connectivity index (χ2v) is 8.28. The minimum Gasteiger partial charge on any atom is -0.399 e. The lowest BCUT2D eigenvalue weighted by Crippen LogP contribution is -2.19. The molecule has 0 fully saturated rings. The van der Waals surface area contributed by atoms with Crippen LogP contribution in [0.3, 0.4) is 0 Å². The summed E-state index contributed by atoms with van der Waals surface area (Å²) >= 11 is 18.0. The van der Waals surface area contributed by atoms with Crippen LogP contribution >= 0.6 is 34.8 Å². The third kappa shape index (κ3) is 5.11. The van der Waals surface area contributed by atoms with Crippen molar-refractivity contribution in [2.75, 3.05) is 12.9 Å². The van der Waals surface area contributed by atoms with Gasteiger partial charge in [-0.25, -0.2) is 8.42 Å². The summed E-state index contributed by atoms with van der Waals surface area (Å²) in [5.41, 5.74) is 1.18. The molecule has 0 bridgehead atoms. The molecule has 0 spiro atoms. The van der Waals surface area contributed by atoms with Gasteiger partial charge < -0.3 is 4.84 Å². The number of oxime groups is 1. The van der Waals surface area contributed by atoms with Gasteiger partial charge in [-0.3, -0.25) is 0 Å². The average Bonchev–Trinajstić information content (AvgIpc) is 2.49. The summed E-state index contributed by atoms with van der Waals surface area (Å²) in [4.78, 5) is 4.77. The fourth-order valence-corrected chi connectivity index (χ4v) is 4.35. The summed E-state index contributed by atoms with van der Waals surface area (Å²) in [6.45, 7) is 0. The Kier molecular flexibility index (Phi) is 6.52. The summed E-state index contributed by atoms with van der Waals surface area (Å²) in [5.74, 6) is -0.548. The van der Waals surface area contributed by atoms with Crippen LogP contribution in [0.4, 0.5) is 0 Å². The van der Waals surface area contributed by atoms with Crippen LogP contribution in [-0.4, -0.2) is 27.0 Å². The Morgan fingerprint density at radius 2 is 1.79 bits per heavy atom. The van der Waals surface area contributed by atoms with Crippen LogP contribution in [0.5, 0.6) is 0 Å². The molecule has 0 aliphatic rings. The first-order valence-corrected chi connectivity index (χ1v) is 9.77. The first-order valence-electron chi connectivity index (χ1n) is 6.81. The van der Waals surface area contributed by atoms with E-state index in [-0.39, 0.29) is 17.2 Å². The molecule has 0 atom stereocenters. The molecule has 0 saturated heterocycles. The van der Waals surface area contributed by atoms with Crippen molar-refractivity contribution in [1.29, 1.82) is 0 Å². The number of rotatable bonds is 6. The number of halogens is 3. The van der Waals surface area contributed by atoms with Crippen LogP contribution in [0.15, 0.2) is 47.6 Å². The van der Waals surface area contributed by atoms with E-state index in [1.807, 2.05) is 0 Å². The minimum absolute atomic E-state index is 0.200. The molecule has 0 aliphatic heterocycles. The number of hydrogen-bond donors (Lipinski definition) is 0. The first-order chi connectivity index (χ1) is 11.3. The van der Waals surface area contributed by atoms with Crippen LogP contribution in [0.25, 0.3) is 0 Å². The van der Waals surface area contributed by atoms with E-state index in [9.17, 15) is 8.42 Å². The van der Waals surface area contributed by atoms with E-state index < -0.39 is 9.84 Å². The number of sulfone groups is 1. The van der Waals surface area contributed by atoms with Gasteiger partial charge in [-0.05, 0) is 23.8 Å². The fraction of sp³-hybridized carbons (Fsp3) is 0.188. The van der Waals surface area contributed by atoms with Crippen molar-refractivity contribution in [3.8, 4) is 0 Å². The van der Waals surface area contributed by atoms with Gasteiger partial charge in [0.1, 0.15) is 12.8 Å². The molecule has 128 valence electrons. The van der Waals surface area contributed by atoms with E-state index in [1.165, 1.54) is 13.2 Å². The Morgan fingerprint density at radius 3 is 2.42 bits per heavy atom. The van der Waals surface area contributed by atoms with Gasteiger partial charge in [0.05, 0.1) is 16.5 Å². The van der Waals surface area contributed by atoms with E-state index in [1.54, 1.807) is 36.4 Å². The largest absolute Gasteiger partial charge is 0.399 e. The van der Waals surface area contributed by atoms with Gasteiger partial charge in [0.15, 0.2) is 9.84 Å². The Balaban J connectivity index is 2.30. The van der Waals surface area contributed by atoms with Crippen molar-refractivity contribution in [2.45, 2.75) is 5.75 Å². The van der Waals surface area contributed by atoms with E-state index in [0.29, 0.717) is 26.2 Å². The summed E-state index contributed by atoms with van der Waals surface area (Å²) in [5, 5.41) is 4.95. The normalized spacial score (nSPS) is 12.2. The van der Waals surface area contributed by atoms with Crippen molar-refractivity contribution in [1.82, 2.24) is 0 Å². The zero-order valence-corrected chi connectivity index (χ0v) is 15.8. The van der Waals surface area contributed by atoms with E-state index in [2.05, 4.69) is 5.16 Å². The summed E-state index contributed by atoms with van der Waals surface area (Å²) < 4.78 is 25.0. The van der Waals surface area contributed by atoms with E-state index in [0.717, 1.165) is 0 Å². The predicted molar refractivity (Wildman–Crippen MR) is 99.0 cm³/mol. The Bertz CT molecular complexity index is 867. The smallest absolute Gasteiger partial charge is 0.160 e.